The Bertz CT molecular complexity index is 451. The Balaban J connectivity index is 1.92. The molecule has 2 aliphatic rings. The molecular weight excluding hydrogens is 256 g/mol. The van der Waals surface area contributed by atoms with Gasteiger partial charge in [-0.1, -0.05) is 17.7 Å². The number of fused-ring (bicyclic) bond motifs is 1. The van der Waals surface area contributed by atoms with E-state index in [0.717, 1.165) is 17.5 Å². The molecule has 0 amide bonds. The first-order valence-electron chi connectivity index (χ1n) is 6.04. The molecule has 0 saturated carbocycles. The van der Waals surface area contributed by atoms with Crippen LogP contribution in [0, 0.1) is 0 Å². The molecule has 2 aliphatic heterocycles. The second kappa shape index (κ2) is 4.79. The summed E-state index contributed by atoms with van der Waals surface area (Å²) in [6.07, 6.45) is -1.79. The van der Waals surface area contributed by atoms with Gasteiger partial charge in [0.1, 0.15) is 24.4 Å². The van der Waals surface area contributed by atoms with Crippen molar-refractivity contribution in [2.24, 2.45) is 0 Å². The maximum Gasteiger partial charge on any atom is 0.116 e. The summed E-state index contributed by atoms with van der Waals surface area (Å²) in [6.45, 7) is 0.718. The average molecular weight is 271 g/mol. The highest BCUT2D eigenvalue weighted by Crippen LogP contribution is 2.36. The van der Waals surface area contributed by atoms with Crippen molar-refractivity contribution in [2.45, 2.75) is 30.8 Å². The Morgan fingerprint density at radius 1 is 1.22 bits per heavy atom. The van der Waals surface area contributed by atoms with Crippen LogP contribution in [0.2, 0.25) is 5.02 Å². The molecule has 5 heteroatoms. The fourth-order valence-electron chi connectivity index (χ4n) is 2.62. The molecular formula is C13H15ClO4. The second-order valence-electron chi connectivity index (χ2n) is 4.74. The molecule has 2 N–H and O–H groups in total. The standard InChI is InChI=1S/C13H15ClO4/c14-8-1-2-9-7(5-8)3-4-17-12(9)13-11(16)10(15)6-18-13/h1-2,5,10-13,15-16H,3-4,6H2/t10?,11?,12-,13?/m1/s1. The number of halogens is 1. The number of hydrogen-bond donors (Lipinski definition) is 2. The lowest BCUT2D eigenvalue weighted by Gasteiger charge is -2.31. The topological polar surface area (TPSA) is 58.9 Å². The average Bonchev–Trinajstić information content (AvgIpc) is 2.69. The Kier molecular flexibility index (Phi) is 3.30. The third-order valence-electron chi connectivity index (χ3n) is 3.57. The van der Waals surface area contributed by atoms with Crippen LogP contribution in [-0.2, 0) is 15.9 Å². The minimum Gasteiger partial charge on any atom is -0.388 e. The molecule has 18 heavy (non-hydrogen) atoms. The van der Waals surface area contributed by atoms with E-state index in [4.69, 9.17) is 21.1 Å². The van der Waals surface area contributed by atoms with Crippen molar-refractivity contribution in [3.8, 4) is 0 Å². The summed E-state index contributed by atoms with van der Waals surface area (Å²) in [6, 6.07) is 5.63. The molecule has 2 heterocycles. The van der Waals surface area contributed by atoms with Gasteiger partial charge < -0.3 is 19.7 Å². The summed E-state index contributed by atoms with van der Waals surface area (Å²) in [5.41, 5.74) is 2.11. The summed E-state index contributed by atoms with van der Waals surface area (Å²) in [5.74, 6) is 0. The van der Waals surface area contributed by atoms with Crippen LogP contribution in [0.15, 0.2) is 18.2 Å². The lowest BCUT2D eigenvalue weighted by Crippen LogP contribution is -2.37. The lowest BCUT2D eigenvalue weighted by atomic mass is 9.92. The second-order valence-corrected chi connectivity index (χ2v) is 5.18. The van der Waals surface area contributed by atoms with Crippen molar-refractivity contribution >= 4 is 11.6 Å². The van der Waals surface area contributed by atoms with E-state index in [0.29, 0.717) is 11.6 Å². The van der Waals surface area contributed by atoms with Crippen molar-refractivity contribution in [1.82, 2.24) is 0 Å². The van der Waals surface area contributed by atoms with Crippen LogP contribution < -0.4 is 0 Å². The quantitative estimate of drug-likeness (QED) is 0.802. The minimum atomic E-state index is -0.906. The zero-order valence-corrected chi connectivity index (χ0v) is 10.5. The van der Waals surface area contributed by atoms with Crippen molar-refractivity contribution in [3.05, 3.63) is 34.3 Å². The number of aliphatic hydroxyl groups is 2. The van der Waals surface area contributed by atoms with Crippen LogP contribution in [0.1, 0.15) is 17.2 Å². The van der Waals surface area contributed by atoms with Gasteiger partial charge in [-0.3, -0.25) is 0 Å². The van der Waals surface area contributed by atoms with Crippen LogP contribution >= 0.6 is 11.6 Å². The van der Waals surface area contributed by atoms with Gasteiger partial charge in [0, 0.05) is 5.02 Å². The van der Waals surface area contributed by atoms with Gasteiger partial charge in [0.2, 0.25) is 0 Å². The molecule has 98 valence electrons. The van der Waals surface area contributed by atoms with Gasteiger partial charge in [-0.05, 0) is 29.7 Å². The Labute approximate surface area is 110 Å². The van der Waals surface area contributed by atoms with E-state index in [1.54, 1.807) is 6.07 Å². The first kappa shape index (κ1) is 12.4. The fraction of sp³-hybridized carbons (Fsp3) is 0.538. The number of rotatable bonds is 1. The Morgan fingerprint density at radius 3 is 2.78 bits per heavy atom. The van der Waals surface area contributed by atoms with Gasteiger partial charge >= 0.3 is 0 Å². The smallest absolute Gasteiger partial charge is 0.116 e. The van der Waals surface area contributed by atoms with E-state index in [1.807, 2.05) is 12.1 Å². The van der Waals surface area contributed by atoms with E-state index >= 15 is 0 Å². The predicted octanol–water partition coefficient (Wildman–Crippen LogP) is 1.07. The molecule has 1 fully saturated rings. The van der Waals surface area contributed by atoms with Crippen LogP contribution in [0.5, 0.6) is 0 Å². The van der Waals surface area contributed by atoms with Crippen LogP contribution in [0.3, 0.4) is 0 Å². The molecule has 0 radical (unpaired) electrons. The van der Waals surface area contributed by atoms with E-state index in [2.05, 4.69) is 0 Å². The number of ether oxygens (including phenoxy) is 2. The minimum absolute atomic E-state index is 0.147. The van der Waals surface area contributed by atoms with E-state index in [1.165, 1.54) is 0 Å². The molecule has 0 spiro atoms. The highest BCUT2D eigenvalue weighted by Gasteiger charge is 2.42. The van der Waals surface area contributed by atoms with Crippen molar-refractivity contribution in [1.29, 1.82) is 0 Å². The zero-order chi connectivity index (χ0) is 12.7. The molecule has 3 unspecified atom stereocenters. The number of aliphatic hydroxyl groups excluding tert-OH is 2. The SMILES string of the molecule is OC1COC([C@@H]2OCCc3cc(Cl)ccc32)C1O. The fourth-order valence-corrected chi connectivity index (χ4v) is 2.81. The summed E-state index contributed by atoms with van der Waals surface area (Å²) < 4.78 is 11.2. The molecule has 4 atom stereocenters. The number of benzene rings is 1. The van der Waals surface area contributed by atoms with Gasteiger partial charge in [-0.25, -0.2) is 0 Å². The molecule has 0 aromatic heterocycles. The molecule has 0 bridgehead atoms. The van der Waals surface area contributed by atoms with Crippen molar-refractivity contribution < 1.29 is 19.7 Å². The molecule has 1 aromatic carbocycles. The normalized spacial score (nSPS) is 35.5. The van der Waals surface area contributed by atoms with Crippen LogP contribution in [0.25, 0.3) is 0 Å². The third-order valence-corrected chi connectivity index (χ3v) is 3.80. The molecule has 1 saturated heterocycles. The van der Waals surface area contributed by atoms with Gasteiger partial charge in [-0.2, -0.15) is 0 Å². The third kappa shape index (κ3) is 2.04. The zero-order valence-electron chi connectivity index (χ0n) is 9.75. The van der Waals surface area contributed by atoms with Crippen molar-refractivity contribution in [2.75, 3.05) is 13.2 Å². The van der Waals surface area contributed by atoms with E-state index in [-0.39, 0.29) is 12.7 Å². The van der Waals surface area contributed by atoms with Crippen LogP contribution in [0.4, 0.5) is 0 Å². The maximum absolute atomic E-state index is 9.91. The van der Waals surface area contributed by atoms with Gasteiger partial charge in [0.25, 0.3) is 0 Å². The first-order chi connectivity index (χ1) is 8.66. The summed E-state index contributed by atoms with van der Waals surface area (Å²) in [5, 5.41) is 20.1. The van der Waals surface area contributed by atoms with Gasteiger partial charge in [-0.15, -0.1) is 0 Å². The lowest BCUT2D eigenvalue weighted by molar-refractivity contribution is -0.0902. The summed E-state index contributed by atoms with van der Waals surface area (Å²) >= 11 is 5.97. The molecule has 4 nitrogen and oxygen atoms in total. The van der Waals surface area contributed by atoms with Crippen molar-refractivity contribution in [3.63, 3.8) is 0 Å². The summed E-state index contributed by atoms with van der Waals surface area (Å²) in [7, 11) is 0. The maximum atomic E-state index is 9.91. The molecule has 0 aliphatic carbocycles. The Morgan fingerprint density at radius 2 is 2.06 bits per heavy atom. The predicted molar refractivity (Wildman–Crippen MR) is 65.6 cm³/mol. The highest BCUT2D eigenvalue weighted by atomic mass is 35.5. The van der Waals surface area contributed by atoms with Gasteiger partial charge in [0.05, 0.1) is 13.2 Å². The van der Waals surface area contributed by atoms with E-state index < -0.39 is 18.3 Å². The Hall–Kier alpha value is -0.650. The largest absolute Gasteiger partial charge is 0.388 e. The number of hydrogen-bond acceptors (Lipinski definition) is 4. The summed E-state index contributed by atoms with van der Waals surface area (Å²) in [4.78, 5) is 0. The first-order valence-corrected chi connectivity index (χ1v) is 6.42. The van der Waals surface area contributed by atoms with Crippen LogP contribution in [-0.4, -0.2) is 41.7 Å². The van der Waals surface area contributed by atoms with E-state index in [9.17, 15) is 10.2 Å². The molecule has 1 aromatic rings. The highest BCUT2D eigenvalue weighted by molar-refractivity contribution is 6.30. The molecule has 3 rings (SSSR count). The van der Waals surface area contributed by atoms with Gasteiger partial charge in [0.15, 0.2) is 0 Å². The monoisotopic (exact) mass is 270 g/mol.